The van der Waals surface area contributed by atoms with Crippen LogP contribution in [-0.2, 0) is 0 Å². The molecule has 0 fully saturated rings. The Balaban J connectivity index is 1.86. The first-order valence-electron chi connectivity index (χ1n) is 8.21. The Morgan fingerprint density at radius 2 is 1.79 bits per heavy atom. The van der Waals surface area contributed by atoms with Gasteiger partial charge in [0.1, 0.15) is 12.1 Å². The minimum atomic E-state index is -0.665. The van der Waals surface area contributed by atoms with Crippen molar-refractivity contribution in [3.05, 3.63) is 75.6 Å². The molecule has 29 heavy (non-hydrogen) atoms. The van der Waals surface area contributed by atoms with Gasteiger partial charge < -0.3 is 10.1 Å². The molecule has 0 aliphatic rings. The molecule has 1 amide bonds. The van der Waals surface area contributed by atoms with Crippen molar-refractivity contribution in [2.75, 3.05) is 17.9 Å². The molecule has 1 aromatic heterocycles. The molecule has 3 aromatic rings. The number of benzene rings is 2. The van der Waals surface area contributed by atoms with Crippen molar-refractivity contribution in [1.82, 2.24) is 15.4 Å². The fourth-order valence-corrected chi connectivity index (χ4v) is 2.66. The van der Waals surface area contributed by atoms with Crippen molar-refractivity contribution in [2.24, 2.45) is 0 Å². The highest BCUT2D eigenvalue weighted by Gasteiger charge is 2.24. The second-order valence-corrected chi connectivity index (χ2v) is 5.97. The summed E-state index contributed by atoms with van der Waals surface area (Å²) in [4.78, 5) is 31.0. The number of rotatable bonds is 7. The second kappa shape index (κ2) is 8.85. The van der Waals surface area contributed by atoms with E-state index >= 15 is 0 Å². The molecule has 10 nitrogen and oxygen atoms in total. The Kier molecular flexibility index (Phi) is 6.05. The molecule has 0 bridgehead atoms. The van der Waals surface area contributed by atoms with Gasteiger partial charge in [-0.3, -0.25) is 25.8 Å². The van der Waals surface area contributed by atoms with Crippen LogP contribution in [0, 0.1) is 10.1 Å². The van der Waals surface area contributed by atoms with Crippen LogP contribution in [0.2, 0.25) is 5.02 Å². The van der Waals surface area contributed by atoms with Crippen molar-refractivity contribution in [3.63, 3.8) is 0 Å². The minimum Gasteiger partial charge on any atom is -0.495 e. The van der Waals surface area contributed by atoms with Crippen LogP contribution in [0.4, 0.5) is 23.0 Å². The predicted molar refractivity (Wildman–Crippen MR) is 108 cm³/mol. The van der Waals surface area contributed by atoms with E-state index in [-0.39, 0.29) is 22.2 Å². The van der Waals surface area contributed by atoms with E-state index in [9.17, 15) is 14.9 Å². The van der Waals surface area contributed by atoms with Gasteiger partial charge in [-0.1, -0.05) is 35.9 Å². The number of carbonyl (C=O) groups is 1. The molecule has 2 aromatic carbocycles. The number of ether oxygens (including phenoxy) is 1. The van der Waals surface area contributed by atoms with Gasteiger partial charge in [-0.25, -0.2) is 9.97 Å². The summed E-state index contributed by atoms with van der Waals surface area (Å²) in [5.74, 6) is -0.392. The van der Waals surface area contributed by atoms with E-state index in [0.29, 0.717) is 11.4 Å². The highest BCUT2D eigenvalue weighted by atomic mass is 35.5. The van der Waals surface area contributed by atoms with Crippen LogP contribution in [0.1, 0.15) is 10.4 Å². The van der Waals surface area contributed by atoms with Gasteiger partial charge in [0.05, 0.1) is 28.3 Å². The van der Waals surface area contributed by atoms with Gasteiger partial charge in [0.15, 0.2) is 0 Å². The summed E-state index contributed by atoms with van der Waals surface area (Å²) in [6.07, 6.45) is 1.12. The van der Waals surface area contributed by atoms with Gasteiger partial charge in [-0.05, 0) is 24.3 Å². The maximum atomic E-state index is 12.3. The summed E-state index contributed by atoms with van der Waals surface area (Å²) < 4.78 is 5.23. The average Bonchev–Trinajstić information content (AvgIpc) is 2.72. The molecule has 3 rings (SSSR count). The largest absolute Gasteiger partial charge is 0.495 e. The number of para-hydroxylation sites is 2. The van der Waals surface area contributed by atoms with Crippen molar-refractivity contribution in [2.45, 2.75) is 0 Å². The zero-order valence-electron chi connectivity index (χ0n) is 15.0. The number of amides is 1. The SMILES string of the molecule is COc1ccccc1Nc1ncnc(NNC(=O)c2ccccc2Cl)c1[N+](=O)[O-]. The quantitative estimate of drug-likeness (QED) is 0.395. The Morgan fingerprint density at radius 3 is 2.52 bits per heavy atom. The van der Waals surface area contributed by atoms with Gasteiger partial charge >= 0.3 is 5.69 Å². The van der Waals surface area contributed by atoms with Crippen molar-refractivity contribution in [3.8, 4) is 5.75 Å². The van der Waals surface area contributed by atoms with Crippen LogP contribution in [0.3, 0.4) is 0 Å². The normalized spacial score (nSPS) is 10.1. The summed E-state index contributed by atoms with van der Waals surface area (Å²) in [7, 11) is 1.48. The van der Waals surface area contributed by atoms with Crippen molar-refractivity contribution >= 4 is 40.5 Å². The number of halogens is 1. The van der Waals surface area contributed by atoms with E-state index in [1.54, 1.807) is 42.5 Å². The third kappa shape index (κ3) is 4.50. The van der Waals surface area contributed by atoms with Gasteiger partial charge in [-0.2, -0.15) is 0 Å². The Hall–Kier alpha value is -3.92. The van der Waals surface area contributed by atoms with E-state index in [4.69, 9.17) is 16.3 Å². The molecule has 0 atom stereocenters. The molecule has 148 valence electrons. The van der Waals surface area contributed by atoms with E-state index in [2.05, 4.69) is 26.1 Å². The van der Waals surface area contributed by atoms with Crippen molar-refractivity contribution < 1.29 is 14.5 Å². The minimum absolute atomic E-state index is 0.0796. The van der Waals surface area contributed by atoms with Crippen LogP contribution < -0.4 is 20.9 Å². The van der Waals surface area contributed by atoms with E-state index in [1.807, 2.05) is 0 Å². The lowest BCUT2D eigenvalue weighted by Gasteiger charge is -2.13. The van der Waals surface area contributed by atoms with E-state index in [1.165, 1.54) is 13.2 Å². The summed E-state index contributed by atoms with van der Waals surface area (Å²) >= 11 is 5.98. The van der Waals surface area contributed by atoms with Crippen molar-refractivity contribution in [1.29, 1.82) is 0 Å². The first-order valence-corrected chi connectivity index (χ1v) is 8.59. The lowest BCUT2D eigenvalue weighted by Crippen LogP contribution is -2.30. The molecular weight excluding hydrogens is 400 g/mol. The third-order valence-electron chi connectivity index (χ3n) is 3.78. The fourth-order valence-electron chi connectivity index (χ4n) is 2.44. The summed E-state index contributed by atoms with van der Waals surface area (Å²) in [5, 5.41) is 14.7. The number of hydrogen-bond donors (Lipinski definition) is 3. The zero-order valence-corrected chi connectivity index (χ0v) is 15.8. The molecule has 0 spiro atoms. The number of methoxy groups -OCH3 is 1. The molecule has 1 heterocycles. The average molecular weight is 415 g/mol. The Labute approximate surface area is 170 Å². The van der Waals surface area contributed by atoms with Crippen LogP contribution in [-0.4, -0.2) is 27.9 Å². The molecule has 3 N–H and O–H groups in total. The van der Waals surface area contributed by atoms with E-state index in [0.717, 1.165) is 6.33 Å². The number of aromatic nitrogens is 2. The first-order chi connectivity index (χ1) is 14.0. The smallest absolute Gasteiger partial charge is 0.355 e. The van der Waals surface area contributed by atoms with Crippen LogP contribution in [0.5, 0.6) is 5.75 Å². The van der Waals surface area contributed by atoms with Crippen LogP contribution in [0.15, 0.2) is 54.9 Å². The number of nitrogens with zero attached hydrogens (tertiary/aromatic N) is 3. The highest BCUT2D eigenvalue weighted by Crippen LogP contribution is 2.33. The molecule has 0 saturated carbocycles. The number of anilines is 3. The molecular formula is C18H15ClN6O4. The maximum Gasteiger partial charge on any atom is 0.355 e. The Morgan fingerprint density at radius 1 is 1.10 bits per heavy atom. The molecule has 0 radical (unpaired) electrons. The summed E-state index contributed by atoms with van der Waals surface area (Å²) in [6.45, 7) is 0. The van der Waals surface area contributed by atoms with Crippen LogP contribution >= 0.6 is 11.6 Å². The first kappa shape index (κ1) is 19.8. The number of nitrogens with one attached hydrogen (secondary N) is 3. The monoisotopic (exact) mass is 414 g/mol. The van der Waals surface area contributed by atoms with Gasteiger partial charge in [-0.15, -0.1) is 0 Å². The lowest BCUT2D eigenvalue weighted by molar-refractivity contribution is -0.383. The molecule has 0 unspecified atom stereocenters. The van der Waals surface area contributed by atoms with Gasteiger partial charge in [0.2, 0.25) is 11.6 Å². The molecule has 11 heteroatoms. The molecule has 0 aliphatic carbocycles. The maximum absolute atomic E-state index is 12.3. The Bertz CT molecular complexity index is 1060. The zero-order chi connectivity index (χ0) is 20.8. The van der Waals surface area contributed by atoms with Gasteiger partial charge in [0.25, 0.3) is 5.91 Å². The molecule has 0 aliphatic heterocycles. The van der Waals surface area contributed by atoms with Gasteiger partial charge in [0, 0.05) is 0 Å². The number of hydrogen-bond acceptors (Lipinski definition) is 8. The number of nitro groups is 1. The standard InChI is InChI=1S/C18H15ClN6O4/c1-29-14-9-5-4-8-13(14)22-16-15(25(27)28)17(21-10-20-16)23-24-18(26)11-6-2-3-7-12(11)19/h2-10H,1H3,(H,24,26)(H2,20,21,22,23). The highest BCUT2D eigenvalue weighted by molar-refractivity contribution is 6.33. The van der Waals surface area contributed by atoms with E-state index < -0.39 is 16.5 Å². The van der Waals surface area contributed by atoms with Crippen LogP contribution in [0.25, 0.3) is 0 Å². The number of hydrazine groups is 1. The summed E-state index contributed by atoms with van der Waals surface area (Å²) in [6, 6.07) is 13.3. The predicted octanol–water partition coefficient (Wildman–Crippen LogP) is 3.55. The lowest BCUT2D eigenvalue weighted by atomic mass is 10.2. The molecule has 0 saturated heterocycles. The summed E-state index contributed by atoms with van der Waals surface area (Å²) in [5.41, 5.74) is 5.01. The fraction of sp³-hybridized carbons (Fsp3) is 0.0556. The third-order valence-corrected chi connectivity index (χ3v) is 4.11. The number of carbonyl (C=O) groups excluding carboxylic acids is 1. The topological polar surface area (TPSA) is 131 Å². The second-order valence-electron chi connectivity index (χ2n) is 5.56.